The fourth-order valence-corrected chi connectivity index (χ4v) is 3.12. The number of ether oxygens (including phenoxy) is 1. The molecule has 0 aliphatic heterocycles. The van der Waals surface area contributed by atoms with Crippen LogP contribution in [0.1, 0.15) is 11.1 Å². The van der Waals surface area contributed by atoms with Gasteiger partial charge in [-0.2, -0.15) is 0 Å². The first-order chi connectivity index (χ1) is 10.9. The molecule has 0 aromatic carbocycles. The van der Waals surface area contributed by atoms with E-state index < -0.39 is 8.07 Å². The van der Waals surface area contributed by atoms with E-state index >= 15 is 0 Å². The monoisotopic (exact) mass is 330 g/mol. The summed E-state index contributed by atoms with van der Waals surface area (Å²) in [4.78, 5) is 4.53. The maximum atomic E-state index is 7.54. The molecule has 0 atom stereocenters. The van der Waals surface area contributed by atoms with Crippen LogP contribution in [0.2, 0.25) is 25.7 Å². The fraction of sp³-hybridized carbons (Fsp3) is 0.412. The molecule has 0 amide bonds. The molecule has 3 N–H and O–H groups in total. The number of aryl methyl sites for hydroxylation is 1. The Morgan fingerprint density at radius 2 is 2.17 bits per heavy atom. The maximum Gasteiger partial charge on any atom is 0.142 e. The van der Waals surface area contributed by atoms with E-state index in [0.717, 1.165) is 34.8 Å². The van der Waals surface area contributed by atoms with Gasteiger partial charge in [0.25, 0.3) is 0 Å². The Morgan fingerprint density at radius 3 is 2.78 bits per heavy atom. The minimum atomic E-state index is -1.09. The molecule has 0 fully saturated rings. The van der Waals surface area contributed by atoms with Gasteiger partial charge in [0.05, 0.1) is 0 Å². The van der Waals surface area contributed by atoms with E-state index in [1.807, 2.05) is 23.9 Å². The van der Waals surface area contributed by atoms with Crippen molar-refractivity contribution in [1.29, 1.82) is 5.41 Å². The molecule has 2 rings (SSSR count). The molecule has 124 valence electrons. The molecular formula is C17H26N4OSi. The number of pyridine rings is 1. The van der Waals surface area contributed by atoms with Crippen LogP contribution in [-0.4, -0.2) is 30.4 Å². The van der Waals surface area contributed by atoms with E-state index in [0.29, 0.717) is 12.3 Å². The minimum absolute atomic E-state index is 0.465. The number of rotatable bonds is 7. The lowest BCUT2D eigenvalue weighted by molar-refractivity contribution is 0.0898. The Hall–Kier alpha value is -1.92. The number of hydrogen-bond donors (Lipinski definition) is 2. The van der Waals surface area contributed by atoms with Gasteiger partial charge in [0.15, 0.2) is 0 Å². The van der Waals surface area contributed by atoms with Crippen molar-refractivity contribution in [2.75, 3.05) is 6.61 Å². The van der Waals surface area contributed by atoms with E-state index in [1.54, 1.807) is 0 Å². The number of allylic oxidation sites excluding steroid dienone is 1. The SMILES string of the molecule is Cc1cnc2c(c1)c(/C(C=N)=C/N)cn2COCC[Si](C)(C)C. The summed E-state index contributed by atoms with van der Waals surface area (Å²) in [5, 5.41) is 8.54. The summed E-state index contributed by atoms with van der Waals surface area (Å²) in [7, 11) is -1.09. The maximum absolute atomic E-state index is 7.54. The van der Waals surface area contributed by atoms with Gasteiger partial charge in [-0.3, -0.25) is 0 Å². The van der Waals surface area contributed by atoms with Gasteiger partial charge in [-0.25, -0.2) is 4.98 Å². The molecule has 0 aliphatic carbocycles. The van der Waals surface area contributed by atoms with Crippen LogP contribution in [0.5, 0.6) is 0 Å². The zero-order valence-corrected chi connectivity index (χ0v) is 15.4. The molecule has 23 heavy (non-hydrogen) atoms. The number of aromatic nitrogens is 2. The van der Waals surface area contributed by atoms with E-state index in [9.17, 15) is 0 Å². The zero-order valence-electron chi connectivity index (χ0n) is 14.4. The molecule has 5 nitrogen and oxygen atoms in total. The highest BCUT2D eigenvalue weighted by atomic mass is 28.3. The molecular weight excluding hydrogens is 304 g/mol. The summed E-state index contributed by atoms with van der Waals surface area (Å²) >= 11 is 0. The van der Waals surface area contributed by atoms with Crippen molar-refractivity contribution in [3.8, 4) is 0 Å². The molecule has 2 heterocycles. The highest BCUT2D eigenvalue weighted by molar-refractivity contribution is 6.76. The Kier molecular flexibility index (Phi) is 5.38. The molecule has 2 aromatic rings. The predicted molar refractivity (Wildman–Crippen MR) is 99.5 cm³/mol. The molecule has 0 aliphatic rings. The second kappa shape index (κ2) is 7.10. The van der Waals surface area contributed by atoms with E-state index in [-0.39, 0.29) is 0 Å². The second-order valence-electron chi connectivity index (χ2n) is 7.01. The number of nitrogens with zero attached hydrogens (tertiary/aromatic N) is 2. The van der Waals surface area contributed by atoms with Gasteiger partial charge in [-0.05, 0) is 24.6 Å². The molecule has 0 radical (unpaired) electrons. The highest BCUT2D eigenvalue weighted by Crippen LogP contribution is 2.26. The first-order valence-corrected chi connectivity index (χ1v) is 11.5. The predicted octanol–water partition coefficient (Wildman–Crippen LogP) is 3.61. The van der Waals surface area contributed by atoms with Crippen LogP contribution in [0.3, 0.4) is 0 Å². The molecule has 0 saturated carbocycles. The highest BCUT2D eigenvalue weighted by Gasteiger charge is 2.14. The van der Waals surface area contributed by atoms with Crippen molar-refractivity contribution < 1.29 is 4.74 Å². The summed E-state index contributed by atoms with van der Waals surface area (Å²) < 4.78 is 7.83. The number of nitrogens with two attached hydrogens (primary N) is 1. The molecule has 0 spiro atoms. The van der Waals surface area contributed by atoms with E-state index in [2.05, 4.69) is 30.7 Å². The lowest BCUT2D eigenvalue weighted by Crippen LogP contribution is -2.22. The van der Waals surface area contributed by atoms with Gasteiger partial charge in [0.1, 0.15) is 12.4 Å². The van der Waals surface area contributed by atoms with Crippen molar-refractivity contribution in [3.63, 3.8) is 0 Å². The van der Waals surface area contributed by atoms with Gasteiger partial charge in [0.2, 0.25) is 0 Å². The largest absolute Gasteiger partial charge is 0.404 e. The quantitative estimate of drug-likeness (QED) is 0.462. The number of nitrogens with one attached hydrogen (secondary N) is 1. The van der Waals surface area contributed by atoms with Crippen LogP contribution in [-0.2, 0) is 11.5 Å². The lowest BCUT2D eigenvalue weighted by Gasteiger charge is -2.15. The van der Waals surface area contributed by atoms with Gasteiger partial charge in [-0.15, -0.1) is 0 Å². The van der Waals surface area contributed by atoms with Crippen LogP contribution < -0.4 is 5.73 Å². The van der Waals surface area contributed by atoms with Crippen LogP contribution in [0.15, 0.2) is 24.7 Å². The zero-order chi connectivity index (χ0) is 17.0. The van der Waals surface area contributed by atoms with Crippen LogP contribution in [0.25, 0.3) is 16.6 Å². The summed E-state index contributed by atoms with van der Waals surface area (Å²) in [6.07, 6.45) is 6.55. The average molecular weight is 331 g/mol. The van der Waals surface area contributed by atoms with Crippen LogP contribution >= 0.6 is 0 Å². The number of hydrogen-bond acceptors (Lipinski definition) is 4. The third kappa shape index (κ3) is 4.30. The third-order valence-electron chi connectivity index (χ3n) is 3.72. The lowest BCUT2D eigenvalue weighted by atomic mass is 10.1. The molecule has 2 aromatic heterocycles. The van der Waals surface area contributed by atoms with Gasteiger partial charge < -0.3 is 20.4 Å². The summed E-state index contributed by atoms with van der Waals surface area (Å²) in [6, 6.07) is 3.21. The van der Waals surface area contributed by atoms with Gasteiger partial charge in [-0.1, -0.05) is 19.6 Å². The smallest absolute Gasteiger partial charge is 0.142 e. The molecule has 0 bridgehead atoms. The first-order valence-electron chi connectivity index (χ1n) is 7.81. The molecule has 0 saturated heterocycles. The van der Waals surface area contributed by atoms with Crippen molar-refractivity contribution in [2.24, 2.45) is 5.73 Å². The second-order valence-corrected chi connectivity index (χ2v) is 12.6. The molecule has 0 unspecified atom stereocenters. The summed E-state index contributed by atoms with van der Waals surface area (Å²) in [5.74, 6) is 0. The third-order valence-corrected chi connectivity index (χ3v) is 5.43. The normalized spacial score (nSPS) is 12.8. The van der Waals surface area contributed by atoms with Gasteiger partial charge >= 0.3 is 0 Å². The molecule has 6 heteroatoms. The standard InChI is InChI=1S/C17H26N4OSi/c1-13-7-15-16(14(8-18)9-19)11-21(17(15)20-10-13)12-22-5-6-23(2,3)4/h7-11,18H,5-6,12,19H2,1-4H3/b14-9+,18-8?. The van der Waals surface area contributed by atoms with Crippen molar-refractivity contribution in [2.45, 2.75) is 39.3 Å². The van der Waals surface area contributed by atoms with Crippen molar-refractivity contribution in [1.82, 2.24) is 9.55 Å². The van der Waals surface area contributed by atoms with Crippen LogP contribution in [0.4, 0.5) is 0 Å². The Morgan fingerprint density at radius 1 is 1.43 bits per heavy atom. The van der Waals surface area contributed by atoms with Crippen LogP contribution in [0, 0.1) is 12.3 Å². The average Bonchev–Trinajstić information content (AvgIpc) is 2.82. The fourth-order valence-electron chi connectivity index (χ4n) is 2.36. The topological polar surface area (TPSA) is 76.9 Å². The van der Waals surface area contributed by atoms with Crippen molar-refractivity contribution in [3.05, 3.63) is 35.8 Å². The Bertz CT molecular complexity index is 728. The Balaban J connectivity index is 2.28. The van der Waals surface area contributed by atoms with E-state index in [1.165, 1.54) is 12.4 Å². The van der Waals surface area contributed by atoms with Crippen molar-refractivity contribution >= 4 is 30.9 Å². The van der Waals surface area contributed by atoms with E-state index in [4.69, 9.17) is 15.9 Å². The number of fused-ring (bicyclic) bond motifs is 1. The summed E-state index contributed by atoms with van der Waals surface area (Å²) in [5.41, 5.74) is 9.20. The Labute approximate surface area is 138 Å². The summed E-state index contributed by atoms with van der Waals surface area (Å²) in [6.45, 7) is 10.3. The van der Waals surface area contributed by atoms with Gasteiger partial charge in [0, 0.05) is 56.0 Å². The first kappa shape index (κ1) is 17.4. The minimum Gasteiger partial charge on any atom is -0.404 e.